The number of aliphatic hydroxyl groups is 1. The highest BCUT2D eigenvalue weighted by molar-refractivity contribution is 9.10. The number of urea groups is 1. The summed E-state index contributed by atoms with van der Waals surface area (Å²) < 4.78 is 0.995. The third kappa shape index (κ3) is 4.66. The molecule has 0 bridgehead atoms. The predicted molar refractivity (Wildman–Crippen MR) is 75.4 cm³/mol. The summed E-state index contributed by atoms with van der Waals surface area (Å²) in [7, 11) is 1.66. The molecule has 0 aliphatic carbocycles. The fourth-order valence-electron chi connectivity index (χ4n) is 1.62. The Labute approximate surface area is 116 Å². The Morgan fingerprint density at radius 1 is 1.56 bits per heavy atom. The maximum atomic E-state index is 11.7. The Hall–Kier alpha value is -1.07. The Morgan fingerprint density at radius 3 is 2.83 bits per heavy atom. The van der Waals surface area contributed by atoms with Crippen molar-refractivity contribution in [1.29, 1.82) is 0 Å². The van der Waals surface area contributed by atoms with Crippen LogP contribution < -0.4 is 5.32 Å². The monoisotopic (exact) mass is 314 g/mol. The molecule has 1 atom stereocenters. The molecule has 0 aliphatic rings. The topological polar surface area (TPSA) is 52.6 Å². The zero-order valence-electron chi connectivity index (χ0n) is 10.9. The van der Waals surface area contributed by atoms with E-state index >= 15 is 0 Å². The maximum Gasteiger partial charge on any atom is 0.317 e. The van der Waals surface area contributed by atoms with Crippen molar-refractivity contribution >= 4 is 22.0 Å². The quantitative estimate of drug-likeness (QED) is 0.896. The molecule has 4 nitrogen and oxygen atoms in total. The molecule has 0 spiro atoms. The van der Waals surface area contributed by atoms with E-state index < -0.39 is 6.10 Å². The summed E-state index contributed by atoms with van der Waals surface area (Å²) in [5.74, 6) is 0. The number of carbonyl (C=O) groups is 1. The number of benzene rings is 1. The highest BCUT2D eigenvalue weighted by atomic mass is 79.9. The van der Waals surface area contributed by atoms with Crippen molar-refractivity contribution in [3.8, 4) is 0 Å². The average molecular weight is 315 g/mol. The van der Waals surface area contributed by atoms with Gasteiger partial charge in [0, 0.05) is 24.6 Å². The molecule has 0 saturated carbocycles. The molecule has 0 radical (unpaired) electrons. The molecule has 18 heavy (non-hydrogen) atoms. The van der Waals surface area contributed by atoms with E-state index in [0.717, 1.165) is 15.6 Å². The number of amides is 2. The van der Waals surface area contributed by atoms with Crippen LogP contribution in [0.2, 0.25) is 0 Å². The van der Waals surface area contributed by atoms with Gasteiger partial charge in [0.1, 0.15) is 0 Å². The van der Waals surface area contributed by atoms with Crippen LogP contribution in [0, 0.1) is 6.92 Å². The Kier molecular flexibility index (Phi) is 5.62. The van der Waals surface area contributed by atoms with E-state index in [1.165, 1.54) is 4.90 Å². The molecule has 0 fully saturated rings. The molecule has 0 aromatic heterocycles. The van der Waals surface area contributed by atoms with Gasteiger partial charge in [-0.2, -0.15) is 0 Å². The summed E-state index contributed by atoms with van der Waals surface area (Å²) in [5, 5.41) is 12.0. The van der Waals surface area contributed by atoms with E-state index in [9.17, 15) is 9.90 Å². The molecule has 1 aromatic carbocycles. The van der Waals surface area contributed by atoms with Crippen molar-refractivity contribution in [3.05, 3.63) is 33.8 Å². The molecule has 0 heterocycles. The summed E-state index contributed by atoms with van der Waals surface area (Å²) in [5.41, 5.74) is 2.21. The maximum absolute atomic E-state index is 11.7. The van der Waals surface area contributed by atoms with Crippen molar-refractivity contribution in [2.24, 2.45) is 0 Å². The second-order valence-electron chi connectivity index (χ2n) is 4.46. The standard InChI is InChI=1S/C13H19BrN2O2/c1-9-4-5-12(14)6-11(9)7-15-13(18)16(3)8-10(2)17/h4-6,10,17H,7-8H2,1-3H3,(H,15,18)/t10-/m0/s1. The van der Waals surface area contributed by atoms with Gasteiger partial charge in [0.15, 0.2) is 0 Å². The van der Waals surface area contributed by atoms with Gasteiger partial charge < -0.3 is 15.3 Å². The number of hydrogen-bond donors (Lipinski definition) is 2. The number of nitrogens with zero attached hydrogens (tertiary/aromatic N) is 1. The van der Waals surface area contributed by atoms with Crippen molar-refractivity contribution < 1.29 is 9.90 Å². The number of halogens is 1. The molecular weight excluding hydrogens is 296 g/mol. The van der Waals surface area contributed by atoms with Crippen LogP contribution in [-0.2, 0) is 6.54 Å². The van der Waals surface area contributed by atoms with E-state index in [-0.39, 0.29) is 6.03 Å². The molecule has 100 valence electrons. The summed E-state index contributed by atoms with van der Waals surface area (Å²) in [6.07, 6.45) is -0.520. The van der Waals surface area contributed by atoms with E-state index in [1.807, 2.05) is 25.1 Å². The van der Waals surface area contributed by atoms with Crippen LogP contribution in [0.25, 0.3) is 0 Å². The predicted octanol–water partition coefficient (Wildman–Crippen LogP) is 2.28. The number of aliphatic hydroxyl groups excluding tert-OH is 1. The molecule has 0 unspecified atom stereocenters. The highest BCUT2D eigenvalue weighted by Gasteiger charge is 2.10. The summed E-state index contributed by atoms with van der Waals surface area (Å²) in [4.78, 5) is 13.2. The first-order valence-corrected chi connectivity index (χ1v) is 6.61. The van der Waals surface area contributed by atoms with Gasteiger partial charge >= 0.3 is 6.03 Å². The minimum atomic E-state index is -0.520. The van der Waals surface area contributed by atoms with E-state index in [1.54, 1.807) is 14.0 Å². The van der Waals surface area contributed by atoms with Crippen molar-refractivity contribution in [1.82, 2.24) is 10.2 Å². The van der Waals surface area contributed by atoms with E-state index in [2.05, 4.69) is 21.2 Å². The smallest absolute Gasteiger partial charge is 0.317 e. The van der Waals surface area contributed by atoms with Crippen LogP contribution >= 0.6 is 15.9 Å². The highest BCUT2D eigenvalue weighted by Crippen LogP contribution is 2.15. The molecule has 5 heteroatoms. The normalized spacial score (nSPS) is 12.1. The number of likely N-dealkylation sites (N-methyl/N-ethyl adjacent to an activating group) is 1. The van der Waals surface area contributed by atoms with Crippen LogP contribution in [0.1, 0.15) is 18.1 Å². The lowest BCUT2D eigenvalue weighted by Crippen LogP contribution is -2.40. The molecule has 2 amide bonds. The summed E-state index contributed by atoms with van der Waals surface area (Å²) in [6, 6.07) is 5.78. The first-order valence-electron chi connectivity index (χ1n) is 5.82. The molecule has 2 N–H and O–H groups in total. The van der Waals surface area contributed by atoms with Crippen LogP contribution in [-0.4, -0.2) is 35.7 Å². The molecular formula is C13H19BrN2O2. The van der Waals surface area contributed by atoms with Gasteiger partial charge in [0.25, 0.3) is 0 Å². The third-order valence-corrected chi connectivity index (χ3v) is 3.12. The number of carbonyl (C=O) groups excluding carboxylic acids is 1. The van der Waals surface area contributed by atoms with Crippen molar-refractivity contribution in [2.45, 2.75) is 26.5 Å². The largest absolute Gasteiger partial charge is 0.392 e. The molecule has 1 aromatic rings. The van der Waals surface area contributed by atoms with E-state index in [0.29, 0.717) is 13.1 Å². The first-order chi connectivity index (χ1) is 8.40. The minimum Gasteiger partial charge on any atom is -0.392 e. The summed E-state index contributed by atoms with van der Waals surface area (Å²) in [6.45, 7) is 4.47. The van der Waals surface area contributed by atoms with Crippen LogP contribution in [0.5, 0.6) is 0 Å². The SMILES string of the molecule is Cc1ccc(Br)cc1CNC(=O)N(C)C[C@H](C)O. The Bertz CT molecular complexity index is 421. The number of rotatable bonds is 4. The lowest BCUT2D eigenvalue weighted by molar-refractivity contribution is 0.143. The zero-order chi connectivity index (χ0) is 13.7. The minimum absolute atomic E-state index is 0.185. The molecule has 0 aliphatic heterocycles. The number of nitrogens with one attached hydrogen (secondary N) is 1. The van der Waals surface area contributed by atoms with Crippen molar-refractivity contribution in [2.75, 3.05) is 13.6 Å². The van der Waals surface area contributed by atoms with Gasteiger partial charge in [-0.1, -0.05) is 22.0 Å². The lowest BCUT2D eigenvalue weighted by atomic mass is 10.1. The van der Waals surface area contributed by atoms with Crippen molar-refractivity contribution in [3.63, 3.8) is 0 Å². The van der Waals surface area contributed by atoms with Gasteiger partial charge in [-0.3, -0.25) is 0 Å². The zero-order valence-corrected chi connectivity index (χ0v) is 12.5. The van der Waals surface area contributed by atoms with Gasteiger partial charge in [-0.25, -0.2) is 4.79 Å². The molecule has 1 rings (SSSR count). The van der Waals surface area contributed by atoms with Gasteiger partial charge in [0.2, 0.25) is 0 Å². The number of hydrogen-bond acceptors (Lipinski definition) is 2. The fourth-order valence-corrected chi connectivity index (χ4v) is 2.02. The number of aryl methyl sites for hydroxylation is 1. The summed E-state index contributed by atoms with van der Waals surface area (Å²) >= 11 is 3.41. The third-order valence-electron chi connectivity index (χ3n) is 2.63. The van der Waals surface area contributed by atoms with Gasteiger partial charge in [-0.15, -0.1) is 0 Å². The van der Waals surface area contributed by atoms with Gasteiger partial charge in [0.05, 0.1) is 6.10 Å². The lowest BCUT2D eigenvalue weighted by Gasteiger charge is -2.19. The molecule has 0 saturated heterocycles. The van der Waals surface area contributed by atoms with Crippen LogP contribution in [0.15, 0.2) is 22.7 Å². The van der Waals surface area contributed by atoms with E-state index in [4.69, 9.17) is 0 Å². The first kappa shape index (κ1) is 15.0. The van der Waals surface area contributed by atoms with Crippen LogP contribution in [0.4, 0.5) is 4.79 Å². The second kappa shape index (κ2) is 6.75. The fraction of sp³-hybridized carbons (Fsp3) is 0.462. The average Bonchev–Trinajstić information content (AvgIpc) is 2.29. The second-order valence-corrected chi connectivity index (χ2v) is 5.37. The van der Waals surface area contributed by atoms with Crippen LogP contribution in [0.3, 0.4) is 0 Å². The van der Waals surface area contributed by atoms with Gasteiger partial charge in [-0.05, 0) is 37.1 Å². The Balaban J connectivity index is 2.54. The Morgan fingerprint density at radius 2 is 2.22 bits per heavy atom.